The van der Waals surface area contributed by atoms with Crippen molar-refractivity contribution in [3.63, 3.8) is 0 Å². The summed E-state index contributed by atoms with van der Waals surface area (Å²) in [6, 6.07) is 2.97. The highest BCUT2D eigenvalue weighted by Crippen LogP contribution is 2.43. The van der Waals surface area contributed by atoms with Gasteiger partial charge < -0.3 is 19.3 Å². The number of fused-ring (bicyclic) bond motifs is 1. The molecule has 0 radical (unpaired) electrons. The van der Waals surface area contributed by atoms with E-state index in [-0.39, 0.29) is 12.5 Å². The van der Waals surface area contributed by atoms with Crippen molar-refractivity contribution in [3.05, 3.63) is 12.1 Å². The zero-order valence-electron chi connectivity index (χ0n) is 6.53. The Morgan fingerprint density at radius 1 is 1.42 bits per heavy atom. The summed E-state index contributed by atoms with van der Waals surface area (Å²) in [6.07, 6.45) is 0. The topological polar surface area (TPSA) is 47.9 Å². The van der Waals surface area contributed by atoms with Crippen LogP contribution in [-0.2, 0) is 0 Å². The SMILES string of the molecule is COc1cc(O)cc2c1OCO2. The molecule has 0 saturated heterocycles. The Morgan fingerprint density at radius 3 is 3.00 bits per heavy atom. The van der Waals surface area contributed by atoms with Crippen LogP contribution >= 0.6 is 0 Å². The molecule has 0 aromatic heterocycles. The largest absolute Gasteiger partial charge is 0.508 e. The third-order valence-corrected chi connectivity index (χ3v) is 1.64. The Balaban J connectivity index is 2.55. The van der Waals surface area contributed by atoms with Gasteiger partial charge in [0.05, 0.1) is 7.11 Å². The molecule has 1 aromatic carbocycles. The molecule has 0 amide bonds. The molecule has 1 aliphatic rings. The molecular weight excluding hydrogens is 160 g/mol. The molecule has 0 fully saturated rings. The Morgan fingerprint density at radius 2 is 2.25 bits per heavy atom. The molecule has 2 rings (SSSR count). The minimum absolute atomic E-state index is 0.108. The minimum atomic E-state index is 0.108. The van der Waals surface area contributed by atoms with Crippen LogP contribution in [0.25, 0.3) is 0 Å². The quantitative estimate of drug-likeness (QED) is 0.682. The number of aromatic hydroxyl groups is 1. The first-order valence-corrected chi connectivity index (χ1v) is 3.48. The summed E-state index contributed by atoms with van der Waals surface area (Å²) in [5.74, 6) is 1.67. The van der Waals surface area contributed by atoms with Crippen molar-refractivity contribution in [2.45, 2.75) is 0 Å². The van der Waals surface area contributed by atoms with E-state index in [4.69, 9.17) is 14.2 Å². The van der Waals surface area contributed by atoms with Crippen molar-refractivity contribution < 1.29 is 19.3 Å². The first kappa shape index (κ1) is 7.09. The Bertz CT molecular complexity index is 308. The predicted octanol–water partition coefficient (Wildman–Crippen LogP) is 1.13. The summed E-state index contributed by atoms with van der Waals surface area (Å²) in [5, 5.41) is 9.19. The molecule has 1 heterocycles. The normalized spacial score (nSPS) is 13.1. The second kappa shape index (κ2) is 2.48. The lowest BCUT2D eigenvalue weighted by Gasteiger charge is -2.03. The fourth-order valence-electron chi connectivity index (χ4n) is 1.12. The number of benzene rings is 1. The highest BCUT2D eigenvalue weighted by molar-refractivity contribution is 5.56. The van der Waals surface area contributed by atoms with Crippen molar-refractivity contribution in [2.75, 3.05) is 13.9 Å². The lowest BCUT2D eigenvalue weighted by molar-refractivity contribution is 0.171. The lowest BCUT2D eigenvalue weighted by atomic mass is 10.3. The van der Waals surface area contributed by atoms with Crippen LogP contribution in [0.2, 0.25) is 0 Å². The highest BCUT2D eigenvalue weighted by atomic mass is 16.7. The van der Waals surface area contributed by atoms with Crippen LogP contribution in [0, 0.1) is 0 Å². The van der Waals surface area contributed by atoms with E-state index in [0.29, 0.717) is 17.2 Å². The summed E-state index contributed by atoms with van der Waals surface area (Å²) in [6.45, 7) is 0.176. The monoisotopic (exact) mass is 168 g/mol. The zero-order chi connectivity index (χ0) is 8.55. The van der Waals surface area contributed by atoms with Crippen LogP contribution in [0.15, 0.2) is 12.1 Å². The fourth-order valence-corrected chi connectivity index (χ4v) is 1.12. The number of rotatable bonds is 1. The van der Waals surface area contributed by atoms with E-state index in [1.807, 2.05) is 0 Å². The van der Waals surface area contributed by atoms with Crippen LogP contribution in [0.3, 0.4) is 0 Å². The molecule has 12 heavy (non-hydrogen) atoms. The molecule has 1 aromatic rings. The van der Waals surface area contributed by atoms with Crippen molar-refractivity contribution >= 4 is 0 Å². The maximum absolute atomic E-state index is 9.19. The van der Waals surface area contributed by atoms with Gasteiger partial charge in [-0.2, -0.15) is 0 Å². The number of ether oxygens (including phenoxy) is 3. The lowest BCUT2D eigenvalue weighted by Crippen LogP contribution is -1.93. The van der Waals surface area contributed by atoms with E-state index < -0.39 is 0 Å². The van der Waals surface area contributed by atoms with E-state index in [9.17, 15) is 5.11 Å². The average Bonchev–Trinajstić information content (AvgIpc) is 2.50. The summed E-state index contributed by atoms with van der Waals surface area (Å²) in [5.41, 5.74) is 0. The molecule has 4 nitrogen and oxygen atoms in total. The van der Waals surface area contributed by atoms with Crippen molar-refractivity contribution in [1.29, 1.82) is 0 Å². The fraction of sp³-hybridized carbons (Fsp3) is 0.250. The van der Waals surface area contributed by atoms with Gasteiger partial charge in [0.1, 0.15) is 5.75 Å². The van der Waals surface area contributed by atoms with Gasteiger partial charge in [-0.05, 0) is 0 Å². The van der Waals surface area contributed by atoms with Crippen LogP contribution in [-0.4, -0.2) is 19.0 Å². The van der Waals surface area contributed by atoms with Crippen LogP contribution < -0.4 is 14.2 Å². The van der Waals surface area contributed by atoms with Crippen molar-refractivity contribution in [3.8, 4) is 23.0 Å². The Kier molecular flexibility index (Phi) is 1.46. The average molecular weight is 168 g/mol. The molecule has 0 saturated carbocycles. The molecule has 1 N–H and O–H groups in total. The first-order chi connectivity index (χ1) is 5.81. The smallest absolute Gasteiger partial charge is 0.231 e. The van der Waals surface area contributed by atoms with Gasteiger partial charge in [0.25, 0.3) is 0 Å². The van der Waals surface area contributed by atoms with Gasteiger partial charge in [0.15, 0.2) is 11.5 Å². The number of hydrogen-bond acceptors (Lipinski definition) is 4. The highest BCUT2D eigenvalue weighted by Gasteiger charge is 2.19. The predicted molar refractivity (Wildman–Crippen MR) is 40.8 cm³/mol. The minimum Gasteiger partial charge on any atom is -0.508 e. The van der Waals surface area contributed by atoms with Gasteiger partial charge in [-0.3, -0.25) is 0 Å². The number of phenolic OH excluding ortho intramolecular Hbond substituents is 1. The molecule has 1 aliphatic heterocycles. The maximum Gasteiger partial charge on any atom is 0.231 e. The van der Waals surface area contributed by atoms with Crippen LogP contribution in [0.4, 0.5) is 0 Å². The summed E-state index contributed by atoms with van der Waals surface area (Å²) >= 11 is 0. The van der Waals surface area contributed by atoms with E-state index in [0.717, 1.165) is 0 Å². The second-order valence-corrected chi connectivity index (χ2v) is 2.38. The first-order valence-electron chi connectivity index (χ1n) is 3.48. The van der Waals surface area contributed by atoms with Crippen molar-refractivity contribution in [2.24, 2.45) is 0 Å². The molecule has 0 atom stereocenters. The molecular formula is C8H8O4. The van der Waals surface area contributed by atoms with Crippen LogP contribution in [0.1, 0.15) is 0 Å². The second-order valence-electron chi connectivity index (χ2n) is 2.38. The zero-order valence-corrected chi connectivity index (χ0v) is 6.53. The number of phenols is 1. The molecule has 0 aliphatic carbocycles. The third-order valence-electron chi connectivity index (χ3n) is 1.64. The van der Waals surface area contributed by atoms with Gasteiger partial charge in [-0.25, -0.2) is 0 Å². The Labute approximate surface area is 69.3 Å². The van der Waals surface area contributed by atoms with E-state index >= 15 is 0 Å². The molecule has 0 bridgehead atoms. The van der Waals surface area contributed by atoms with Crippen LogP contribution in [0.5, 0.6) is 23.0 Å². The molecule has 0 spiro atoms. The maximum atomic E-state index is 9.19. The summed E-state index contributed by atoms with van der Waals surface area (Å²) in [7, 11) is 1.51. The van der Waals surface area contributed by atoms with E-state index in [1.165, 1.54) is 19.2 Å². The van der Waals surface area contributed by atoms with E-state index in [2.05, 4.69) is 0 Å². The van der Waals surface area contributed by atoms with Gasteiger partial charge >= 0.3 is 0 Å². The van der Waals surface area contributed by atoms with Gasteiger partial charge in [-0.15, -0.1) is 0 Å². The number of methoxy groups -OCH3 is 1. The number of hydrogen-bond donors (Lipinski definition) is 1. The van der Waals surface area contributed by atoms with Gasteiger partial charge in [0.2, 0.25) is 12.5 Å². The standard InChI is InChI=1S/C8H8O4/c1-10-6-2-5(9)3-7-8(6)12-4-11-7/h2-3,9H,4H2,1H3. The molecule has 4 heteroatoms. The third kappa shape index (κ3) is 0.922. The van der Waals surface area contributed by atoms with Gasteiger partial charge in [0, 0.05) is 12.1 Å². The summed E-state index contributed by atoms with van der Waals surface area (Å²) < 4.78 is 15.1. The Hall–Kier alpha value is -1.58. The summed E-state index contributed by atoms with van der Waals surface area (Å²) in [4.78, 5) is 0. The molecule has 64 valence electrons. The van der Waals surface area contributed by atoms with Crippen molar-refractivity contribution in [1.82, 2.24) is 0 Å². The van der Waals surface area contributed by atoms with Gasteiger partial charge in [-0.1, -0.05) is 0 Å². The molecule has 0 unspecified atom stereocenters. The van der Waals surface area contributed by atoms with E-state index in [1.54, 1.807) is 0 Å².